The largest absolute Gasteiger partial charge is 0.507 e. The van der Waals surface area contributed by atoms with Gasteiger partial charge in [-0.2, -0.15) is 0 Å². The molecule has 7 heteroatoms. The first-order valence-electron chi connectivity index (χ1n) is 7.78. The van der Waals surface area contributed by atoms with Gasteiger partial charge >= 0.3 is 5.97 Å². The summed E-state index contributed by atoms with van der Waals surface area (Å²) < 4.78 is 29.8. The van der Waals surface area contributed by atoms with Crippen LogP contribution in [0, 0.1) is 6.92 Å². The van der Waals surface area contributed by atoms with E-state index in [1.807, 2.05) is 6.92 Å². The number of carboxylic acids is 1. The van der Waals surface area contributed by atoms with Crippen molar-refractivity contribution in [2.75, 3.05) is 12.4 Å². The van der Waals surface area contributed by atoms with E-state index in [-0.39, 0.29) is 23.7 Å². The summed E-state index contributed by atoms with van der Waals surface area (Å²) in [7, 11) is -3.31. The summed E-state index contributed by atoms with van der Waals surface area (Å²) in [6.07, 6.45) is 0.939. The summed E-state index contributed by atoms with van der Waals surface area (Å²) in [5, 5.41) is 18.4. The van der Waals surface area contributed by atoms with Crippen molar-refractivity contribution in [2.24, 2.45) is 0 Å². The predicted molar refractivity (Wildman–Crippen MR) is 93.0 cm³/mol. The molecule has 0 atom stereocenters. The average molecular weight is 364 g/mol. The molecule has 2 aromatic rings. The molecule has 0 aromatic heterocycles. The fourth-order valence-corrected chi connectivity index (χ4v) is 3.59. The van der Waals surface area contributed by atoms with Crippen molar-refractivity contribution < 1.29 is 28.2 Å². The molecule has 2 N–H and O–H groups in total. The van der Waals surface area contributed by atoms with Gasteiger partial charge in [0, 0.05) is 0 Å². The number of aromatic carboxylic acids is 1. The van der Waals surface area contributed by atoms with Crippen LogP contribution in [0.4, 0.5) is 0 Å². The normalized spacial score (nSPS) is 11.2. The molecule has 0 amide bonds. The second-order valence-corrected chi connectivity index (χ2v) is 7.78. The second kappa shape index (κ2) is 8.02. The summed E-state index contributed by atoms with van der Waals surface area (Å²) >= 11 is 0. The van der Waals surface area contributed by atoms with Crippen LogP contribution in [0.25, 0.3) is 0 Å². The Balaban J connectivity index is 1.83. The van der Waals surface area contributed by atoms with Crippen LogP contribution in [-0.4, -0.2) is 37.0 Å². The Morgan fingerprint density at radius 3 is 2.40 bits per heavy atom. The van der Waals surface area contributed by atoms with Gasteiger partial charge < -0.3 is 14.9 Å². The highest BCUT2D eigenvalue weighted by Gasteiger charge is 2.14. The monoisotopic (exact) mass is 364 g/mol. The van der Waals surface area contributed by atoms with Crippen LogP contribution in [-0.2, 0) is 9.84 Å². The molecule has 6 nitrogen and oxygen atoms in total. The van der Waals surface area contributed by atoms with E-state index in [9.17, 15) is 18.3 Å². The summed E-state index contributed by atoms with van der Waals surface area (Å²) in [5.41, 5.74) is 0.765. The Morgan fingerprint density at radius 1 is 1.08 bits per heavy atom. The summed E-state index contributed by atoms with van der Waals surface area (Å²) in [6, 6.07) is 10.7. The molecular weight excluding hydrogens is 344 g/mol. The summed E-state index contributed by atoms with van der Waals surface area (Å²) in [6.45, 7) is 2.15. The van der Waals surface area contributed by atoms with Gasteiger partial charge in [-0.1, -0.05) is 17.7 Å². The van der Waals surface area contributed by atoms with Gasteiger partial charge in [0.2, 0.25) is 0 Å². The van der Waals surface area contributed by atoms with Crippen LogP contribution in [0.2, 0.25) is 0 Å². The Morgan fingerprint density at radius 2 is 1.76 bits per heavy atom. The first-order chi connectivity index (χ1) is 11.8. The van der Waals surface area contributed by atoms with Gasteiger partial charge in [0.05, 0.1) is 17.3 Å². The van der Waals surface area contributed by atoms with E-state index < -0.39 is 15.8 Å². The van der Waals surface area contributed by atoms with E-state index in [2.05, 4.69) is 0 Å². The molecule has 0 spiro atoms. The fourth-order valence-electron chi connectivity index (χ4n) is 2.22. The molecule has 0 radical (unpaired) electrons. The number of rotatable bonds is 8. The first kappa shape index (κ1) is 18.8. The van der Waals surface area contributed by atoms with E-state index >= 15 is 0 Å². The summed E-state index contributed by atoms with van der Waals surface area (Å²) in [5.74, 6) is -1.23. The van der Waals surface area contributed by atoms with E-state index in [4.69, 9.17) is 9.84 Å². The van der Waals surface area contributed by atoms with E-state index in [0.29, 0.717) is 23.5 Å². The van der Waals surface area contributed by atoms with Crippen molar-refractivity contribution in [1.82, 2.24) is 0 Å². The molecular formula is C18H20O6S. The lowest BCUT2D eigenvalue weighted by molar-refractivity contribution is 0.0693. The molecule has 134 valence electrons. The zero-order valence-corrected chi connectivity index (χ0v) is 14.6. The van der Waals surface area contributed by atoms with Gasteiger partial charge in [-0.15, -0.1) is 0 Å². The van der Waals surface area contributed by atoms with Crippen molar-refractivity contribution >= 4 is 15.8 Å². The lowest BCUT2D eigenvalue weighted by atomic mass is 10.2. The van der Waals surface area contributed by atoms with Gasteiger partial charge in [-0.25, -0.2) is 13.2 Å². The molecule has 2 rings (SSSR count). The third-order valence-electron chi connectivity index (χ3n) is 3.65. The summed E-state index contributed by atoms with van der Waals surface area (Å²) in [4.78, 5) is 11.2. The van der Waals surface area contributed by atoms with Crippen molar-refractivity contribution in [3.63, 3.8) is 0 Å². The first-order valence-corrected chi connectivity index (χ1v) is 9.43. The van der Waals surface area contributed by atoms with Crippen molar-refractivity contribution in [1.29, 1.82) is 0 Å². The van der Waals surface area contributed by atoms with E-state index in [1.165, 1.54) is 18.2 Å². The standard InChI is InChI=1S/C18H20O6S/c1-13-4-7-15(8-5-13)25(22,23)11-3-2-10-24-14-6-9-17(19)16(12-14)18(20)21/h4-9,12,19H,2-3,10-11H2,1H3,(H,20,21). The highest BCUT2D eigenvalue weighted by atomic mass is 32.2. The average Bonchev–Trinajstić information content (AvgIpc) is 2.56. The van der Waals surface area contributed by atoms with Crippen molar-refractivity contribution in [2.45, 2.75) is 24.7 Å². The van der Waals surface area contributed by atoms with Crippen molar-refractivity contribution in [3.05, 3.63) is 53.6 Å². The number of hydrogen-bond donors (Lipinski definition) is 2. The number of hydrogen-bond acceptors (Lipinski definition) is 5. The van der Waals surface area contributed by atoms with Crippen LogP contribution in [0.3, 0.4) is 0 Å². The third kappa shape index (κ3) is 5.22. The molecule has 0 aliphatic heterocycles. The SMILES string of the molecule is Cc1ccc(S(=O)(=O)CCCCOc2ccc(O)c(C(=O)O)c2)cc1. The van der Waals surface area contributed by atoms with Crippen LogP contribution >= 0.6 is 0 Å². The second-order valence-electron chi connectivity index (χ2n) is 5.67. The highest BCUT2D eigenvalue weighted by molar-refractivity contribution is 7.91. The van der Waals surface area contributed by atoms with Gasteiger partial charge in [0.15, 0.2) is 9.84 Å². The number of benzene rings is 2. The Labute approximate surface area is 146 Å². The molecule has 0 aliphatic carbocycles. The number of aromatic hydroxyl groups is 1. The molecule has 0 aliphatic rings. The Bertz CT molecular complexity index is 840. The minimum atomic E-state index is -3.31. The lowest BCUT2D eigenvalue weighted by Gasteiger charge is -2.08. The number of carbonyl (C=O) groups is 1. The number of aryl methyl sites for hydroxylation is 1. The molecule has 0 unspecified atom stereocenters. The molecule has 25 heavy (non-hydrogen) atoms. The number of phenols is 1. The minimum Gasteiger partial charge on any atom is -0.507 e. The van der Waals surface area contributed by atoms with Gasteiger partial charge in [0.25, 0.3) is 0 Å². The van der Waals surface area contributed by atoms with Crippen LogP contribution in [0.1, 0.15) is 28.8 Å². The fraction of sp³-hybridized carbons (Fsp3) is 0.278. The quantitative estimate of drug-likeness (QED) is 0.698. The molecule has 0 saturated carbocycles. The Hall–Kier alpha value is -2.54. The van der Waals surface area contributed by atoms with Crippen LogP contribution in [0.15, 0.2) is 47.4 Å². The number of unbranched alkanes of at least 4 members (excludes halogenated alkanes) is 1. The van der Waals surface area contributed by atoms with E-state index in [0.717, 1.165) is 5.56 Å². The van der Waals surface area contributed by atoms with Gasteiger partial charge in [-0.05, 0) is 50.1 Å². The van der Waals surface area contributed by atoms with Crippen molar-refractivity contribution in [3.8, 4) is 11.5 Å². The number of sulfone groups is 1. The maximum absolute atomic E-state index is 12.2. The molecule has 0 fully saturated rings. The maximum Gasteiger partial charge on any atom is 0.339 e. The number of ether oxygens (including phenoxy) is 1. The van der Waals surface area contributed by atoms with Crippen LogP contribution in [0.5, 0.6) is 11.5 Å². The zero-order valence-electron chi connectivity index (χ0n) is 13.8. The topological polar surface area (TPSA) is 101 Å². The zero-order chi connectivity index (χ0) is 18.4. The molecule has 0 heterocycles. The minimum absolute atomic E-state index is 0.0232. The maximum atomic E-state index is 12.2. The number of carboxylic acid groups (broad SMARTS) is 1. The Kier molecular flexibility index (Phi) is 6.03. The molecule has 2 aromatic carbocycles. The van der Waals surface area contributed by atoms with Crippen LogP contribution < -0.4 is 4.74 Å². The third-order valence-corrected chi connectivity index (χ3v) is 5.47. The lowest BCUT2D eigenvalue weighted by Crippen LogP contribution is -2.08. The smallest absolute Gasteiger partial charge is 0.339 e. The van der Waals surface area contributed by atoms with Gasteiger partial charge in [0.1, 0.15) is 17.1 Å². The highest BCUT2D eigenvalue weighted by Crippen LogP contribution is 2.23. The van der Waals surface area contributed by atoms with Gasteiger partial charge in [-0.3, -0.25) is 0 Å². The van der Waals surface area contributed by atoms with E-state index in [1.54, 1.807) is 24.3 Å². The molecule has 0 saturated heterocycles. The predicted octanol–water partition coefficient (Wildman–Crippen LogP) is 3.03. The molecule has 0 bridgehead atoms.